The summed E-state index contributed by atoms with van der Waals surface area (Å²) in [7, 11) is -2.57. The van der Waals surface area contributed by atoms with Gasteiger partial charge in [-0.2, -0.15) is 4.72 Å². The third kappa shape index (κ3) is 7.29. The van der Waals surface area contributed by atoms with Crippen LogP contribution in [0.1, 0.15) is 23.2 Å². The van der Waals surface area contributed by atoms with Gasteiger partial charge < -0.3 is 15.2 Å². The van der Waals surface area contributed by atoms with Gasteiger partial charge in [0.05, 0.1) is 12.0 Å². The highest BCUT2D eigenvalue weighted by atomic mass is 35.5. The van der Waals surface area contributed by atoms with Crippen LogP contribution in [0.2, 0.25) is 5.02 Å². The lowest BCUT2D eigenvalue weighted by Gasteiger charge is -2.15. The number of rotatable bonds is 11. The first-order valence-electron chi connectivity index (χ1n) is 10.7. The Bertz CT molecular complexity index is 1280. The van der Waals surface area contributed by atoms with E-state index in [1.54, 1.807) is 48.5 Å². The van der Waals surface area contributed by atoms with Crippen molar-refractivity contribution in [3.05, 3.63) is 83.4 Å². The summed E-state index contributed by atoms with van der Waals surface area (Å²) in [5.74, 6) is -1.10. The smallest absolute Gasteiger partial charge is 0.321 e. The number of amides is 1. The normalized spacial score (nSPS) is 12.1. The zero-order chi connectivity index (χ0) is 25.4. The Morgan fingerprint density at radius 1 is 1.00 bits per heavy atom. The minimum absolute atomic E-state index is 0.00415. The summed E-state index contributed by atoms with van der Waals surface area (Å²) >= 11 is 5.90. The van der Waals surface area contributed by atoms with Crippen LogP contribution in [0, 0.1) is 0 Å². The van der Waals surface area contributed by atoms with Crippen molar-refractivity contribution in [1.29, 1.82) is 0 Å². The molecule has 0 saturated heterocycles. The molecule has 0 fully saturated rings. The molecule has 10 heteroatoms. The Hall–Kier alpha value is -3.40. The van der Waals surface area contributed by atoms with Gasteiger partial charge in [-0.1, -0.05) is 41.9 Å². The quantitative estimate of drug-likeness (QED) is 0.332. The van der Waals surface area contributed by atoms with E-state index < -0.39 is 22.0 Å². The number of methoxy groups -OCH3 is 1. The number of sulfonamides is 1. The molecule has 0 bridgehead atoms. The number of hydrogen-bond donors (Lipinski definition) is 3. The summed E-state index contributed by atoms with van der Waals surface area (Å²) in [4.78, 5) is 23.9. The van der Waals surface area contributed by atoms with Gasteiger partial charge in [-0.15, -0.1) is 0 Å². The highest BCUT2D eigenvalue weighted by Gasteiger charge is 2.25. The maximum absolute atomic E-state index is 12.8. The van der Waals surface area contributed by atoms with Gasteiger partial charge in [0.2, 0.25) is 10.0 Å². The lowest BCUT2D eigenvalue weighted by atomic mass is 10.1. The van der Waals surface area contributed by atoms with Gasteiger partial charge in [0.1, 0.15) is 11.8 Å². The number of nitrogens with one attached hydrogen (secondary N) is 2. The number of carbonyl (C=O) groups is 2. The molecule has 0 radical (unpaired) electrons. The number of halogens is 1. The molecule has 1 atom stereocenters. The first kappa shape index (κ1) is 26.2. The van der Waals surface area contributed by atoms with Crippen LogP contribution in [0.5, 0.6) is 5.75 Å². The fourth-order valence-corrected chi connectivity index (χ4v) is 4.68. The summed E-state index contributed by atoms with van der Waals surface area (Å²) in [6, 6.07) is 18.5. The zero-order valence-corrected chi connectivity index (χ0v) is 20.5. The lowest BCUT2D eigenvalue weighted by molar-refractivity contribution is -0.139. The van der Waals surface area contributed by atoms with Crippen LogP contribution in [0.4, 0.5) is 0 Å². The number of carbonyl (C=O) groups excluding carboxylic acids is 1. The van der Waals surface area contributed by atoms with Gasteiger partial charge in [0.15, 0.2) is 0 Å². The van der Waals surface area contributed by atoms with Crippen molar-refractivity contribution in [2.24, 2.45) is 0 Å². The Kier molecular flexibility index (Phi) is 8.86. The van der Waals surface area contributed by atoms with Gasteiger partial charge in [0, 0.05) is 17.1 Å². The molecule has 0 aliphatic carbocycles. The molecule has 184 valence electrons. The molecule has 3 aromatic carbocycles. The van der Waals surface area contributed by atoms with E-state index in [1.165, 1.54) is 19.2 Å². The van der Waals surface area contributed by atoms with E-state index >= 15 is 0 Å². The molecule has 0 aliphatic heterocycles. The predicted octanol–water partition coefficient (Wildman–Crippen LogP) is 3.96. The predicted molar refractivity (Wildman–Crippen MR) is 133 cm³/mol. The van der Waals surface area contributed by atoms with Crippen LogP contribution in [0.3, 0.4) is 0 Å². The average Bonchev–Trinajstić information content (AvgIpc) is 2.86. The van der Waals surface area contributed by atoms with Crippen molar-refractivity contribution in [1.82, 2.24) is 10.0 Å². The zero-order valence-electron chi connectivity index (χ0n) is 18.9. The van der Waals surface area contributed by atoms with Crippen LogP contribution < -0.4 is 14.8 Å². The second-order valence-corrected chi connectivity index (χ2v) is 9.82. The van der Waals surface area contributed by atoms with Crippen molar-refractivity contribution < 1.29 is 27.9 Å². The molecule has 0 spiro atoms. The molecule has 3 N–H and O–H groups in total. The molecule has 0 saturated carbocycles. The molecule has 1 unspecified atom stereocenters. The van der Waals surface area contributed by atoms with E-state index in [2.05, 4.69) is 10.0 Å². The molecule has 0 heterocycles. The summed E-state index contributed by atoms with van der Waals surface area (Å²) in [5.41, 5.74) is 2.06. The maximum atomic E-state index is 12.8. The molecular weight excluding hydrogens is 492 g/mol. The van der Waals surface area contributed by atoms with Crippen LogP contribution in [-0.4, -0.2) is 45.1 Å². The molecule has 35 heavy (non-hydrogen) atoms. The average molecular weight is 517 g/mol. The number of hydrogen-bond acceptors (Lipinski definition) is 5. The van der Waals surface area contributed by atoms with Gasteiger partial charge in [0.25, 0.3) is 5.91 Å². The van der Waals surface area contributed by atoms with Crippen LogP contribution in [0.25, 0.3) is 11.1 Å². The van der Waals surface area contributed by atoms with Gasteiger partial charge in [-0.3, -0.25) is 9.59 Å². The van der Waals surface area contributed by atoms with Crippen molar-refractivity contribution in [2.45, 2.75) is 23.8 Å². The van der Waals surface area contributed by atoms with E-state index in [1.807, 2.05) is 12.1 Å². The molecule has 3 aromatic rings. The van der Waals surface area contributed by atoms with Crippen LogP contribution >= 0.6 is 11.6 Å². The number of carboxylic acids is 1. The summed E-state index contributed by atoms with van der Waals surface area (Å²) in [6.45, 7) is 0.178. The van der Waals surface area contributed by atoms with Crippen molar-refractivity contribution >= 4 is 33.5 Å². The van der Waals surface area contributed by atoms with E-state index in [4.69, 9.17) is 16.3 Å². The Morgan fingerprint density at radius 2 is 1.63 bits per heavy atom. The van der Waals surface area contributed by atoms with E-state index in [0.717, 1.165) is 11.1 Å². The molecule has 0 aliphatic rings. The minimum Gasteiger partial charge on any atom is -0.497 e. The summed E-state index contributed by atoms with van der Waals surface area (Å²) in [5, 5.41) is 12.8. The standard InChI is InChI=1S/C25H25ClN2O6S/c1-34-21-5-2-4-19(16-21)24(29)27-15-3-6-23(25(30)31)28-35(32,33)22-13-9-18(10-14-22)17-7-11-20(26)12-8-17/h2,4-5,7-14,16,23,28H,3,6,15H2,1H3,(H,27,29)(H,30,31). The summed E-state index contributed by atoms with van der Waals surface area (Å²) in [6.07, 6.45) is 0.251. The molecule has 1 amide bonds. The molecule has 0 aromatic heterocycles. The summed E-state index contributed by atoms with van der Waals surface area (Å²) < 4.78 is 32.8. The second kappa shape index (κ2) is 11.8. The van der Waals surface area contributed by atoms with Crippen LogP contribution in [-0.2, 0) is 14.8 Å². The van der Waals surface area contributed by atoms with Crippen molar-refractivity contribution in [3.63, 3.8) is 0 Å². The number of aliphatic carboxylic acids is 1. The number of benzene rings is 3. The van der Waals surface area contributed by atoms with Crippen molar-refractivity contribution in [3.8, 4) is 16.9 Å². The molecule has 8 nitrogen and oxygen atoms in total. The van der Waals surface area contributed by atoms with Gasteiger partial charge in [-0.05, 0) is 66.4 Å². The SMILES string of the molecule is COc1cccc(C(=O)NCCCC(NS(=O)(=O)c2ccc(-c3ccc(Cl)cc3)cc2)C(=O)O)c1. The third-order valence-corrected chi connectivity index (χ3v) is 6.96. The van der Waals surface area contributed by atoms with Crippen LogP contribution in [0.15, 0.2) is 77.7 Å². The van der Waals surface area contributed by atoms with Crippen molar-refractivity contribution in [2.75, 3.05) is 13.7 Å². The molecular formula is C25H25ClN2O6S. The number of carboxylic acid groups (broad SMARTS) is 1. The highest BCUT2D eigenvalue weighted by molar-refractivity contribution is 7.89. The van der Waals surface area contributed by atoms with E-state index in [-0.39, 0.29) is 30.2 Å². The van der Waals surface area contributed by atoms with E-state index in [9.17, 15) is 23.1 Å². The Labute approximate surface area is 208 Å². The highest BCUT2D eigenvalue weighted by Crippen LogP contribution is 2.23. The monoisotopic (exact) mass is 516 g/mol. The Morgan fingerprint density at radius 3 is 2.23 bits per heavy atom. The number of ether oxygens (including phenoxy) is 1. The van der Waals surface area contributed by atoms with E-state index in [0.29, 0.717) is 16.3 Å². The fraction of sp³-hybridized carbons (Fsp3) is 0.200. The largest absolute Gasteiger partial charge is 0.497 e. The first-order chi connectivity index (χ1) is 16.7. The fourth-order valence-electron chi connectivity index (χ4n) is 3.33. The Balaban J connectivity index is 1.57. The molecule has 3 rings (SSSR count). The topological polar surface area (TPSA) is 122 Å². The van der Waals surface area contributed by atoms with Gasteiger partial charge >= 0.3 is 5.97 Å². The lowest BCUT2D eigenvalue weighted by Crippen LogP contribution is -2.41. The first-order valence-corrected chi connectivity index (χ1v) is 12.6. The van der Waals surface area contributed by atoms with Gasteiger partial charge in [-0.25, -0.2) is 8.42 Å². The third-order valence-electron chi connectivity index (χ3n) is 5.22. The minimum atomic E-state index is -4.07. The second-order valence-electron chi connectivity index (χ2n) is 7.67. The maximum Gasteiger partial charge on any atom is 0.321 e.